The van der Waals surface area contributed by atoms with Crippen molar-refractivity contribution in [2.45, 2.75) is 33.8 Å². The Morgan fingerprint density at radius 3 is 2.42 bits per heavy atom. The summed E-state index contributed by atoms with van der Waals surface area (Å²) in [4.78, 5) is 11.7. The molecular formula is C20H23BrO3. The number of aliphatic carboxylic acids is 1. The van der Waals surface area contributed by atoms with E-state index < -0.39 is 11.4 Å². The van der Waals surface area contributed by atoms with E-state index >= 15 is 0 Å². The Labute approximate surface area is 151 Å². The number of ether oxygens (including phenoxy) is 1. The molecule has 0 heterocycles. The maximum absolute atomic E-state index is 11.7. The highest BCUT2D eigenvalue weighted by molar-refractivity contribution is 9.10. The third-order valence-corrected chi connectivity index (χ3v) is 5.22. The van der Waals surface area contributed by atoms with E-state index in [2.05, 4.69) is 15.9 Å². The summed E-state index contributed by atoms with van der Waals surface area (Å²) in [5.74, 6) is -0.00708. The molecule has 0 radical (unpaired) electrons. The van der Waals surface area contributed by atoms with Gasteiger partial charge < -0.3 is 9.84 Å². The molecule has 0 saturated carbocycles. The van der Waals surface area contributed by atoms with Crippen LogP contribution in [0.4, 0.5) is 0 Å². The molecule has 128 valence electrons. The molecule has 3 nitrogen and oxygen atoms in total. The highest BCUT2D eigenvalue weighted by Gasteiger charge is 2.36. The molecule has 1 atom stereocenters. The summed E-state index contributed by atoms with van der Waals surface area (Å²) in [5, 5.41) is 9.60. The lowest BCUT2D eigenvalue weighted by Gasteiger charge is -2.29. The first-order valence-electron chi connectivity index (χ1n) is 8.01. The third kappa shape index (κ3) is 4.38. The normalized spacial score (nSPS) is 13.5. The first-order valence-corrected chi connectivity index (χ1v) is 8.81. The van der Waals surface area contributed by atoms with E-state index in [1.165, 1.54) is 0 Å². The smallest absolute Gasteiger partial charge is 0.309 e. The standard InChI is InChI=1S/C20H23BrO3/c1-14(2)20(3,19(22)23)12-16-9-10-17(21)18(11-16)24-13-15-7-5-4-6-8-15/h4-11,14H,12-13H2,1-3H3,(H,22,23). The summed E-state index contributed by atoms with van der Waals surface area (Å²) in [7, 11) is 0. The van der Waals surface area contributed by atoms with Crippen molar-refractivity contribution in [2.75, 3.05) is 0 Å². The largest absolute Gasteiger partial charge is 0.488 e. The molecule has 1 N–H and O–H groups in total. The maximum atomic E-state index is 11.7. The minimum Gasteiger partial charge on any atom is -0.488 e. The second kappa shape index (κ2) is 7.84. The lowest BCUT2D eigenvalue weighted by atomic mass is 9.74. The Hall–Kier alpha value is -1.81. The fourth-order valence-corrected chi connectivity index (χ4v) is 2.82. The lowest BCUT2D eigenvalue weighted by Crippen LogP contribution is -2.35. The minimum absolute atomic E-state index is 0.0346. The predicted octanol–water partition coefficient (Wildman–Crippen LogP) is 5.32. The van der Waals surface area contributed by atoms with E-state index in [4.69, 9.17) is 4.74 Å². The van der Waals surface area contributed by atoms with E-state index in [0.717, 1.165) is 21.3 Å². The molecule has 4 heteroatoms. The van der Waals surface area contributed by atoms with Gasteiger partial charge in [-0.3, -0.25) is 4.79 Å². The van der Waals surface area contributed by atoms with E-state index in [-0.39, 0.29) is 5.92 Å². The second-order valence-corrected chi connectivity index (χ2v) is 7.45. The van der Waals surface area contributed by atoms with Crippen LogP contribution in [0.15, 0.2) is 53.0 Å². The SMILES string of the molecule is CC(C)C(C)(Cc1ccc(Br)c(OCc2ccccc2)c1)C(=O)O. The topological polar surface area (TPSA) is 46.5 Å². The molecule has 0 aromatic heterocycles. The molecule has 0 amide bonds. The molecule has 1 unspecified atom stereocenters. The van der Waals surface area contributed by atoms with Gasteiger partial charge in [0.1, 0.15) is 12.4 Å². The summed E-state index contributed by atoms with van der Waals surface area (Å²) in [6.45, 7) is 6.16. The van der Waals surface area contributed by atoms with Gasteiger partial charge in [0, 0.05) is 0 Å². The zero-order valence-electron chi connectivity index (χ0n) is 14.3. The minimum atomic E-state index is -0.801. The van der Waals surface area contributed by atoms with E-state index in [9.17, 15) is 9.90 Å². The molecule has 0 fully saturated rings. The first kappa shape index (κ1) is 18.5. The number of carboxylic acid groups (broad SMARTS) is 1. The zero-order chi connectivity index (χ0) is 17.7. The van der Waals surface area contributed by atoms with Gasteiger partial charge in [0.15, 0.2) is 0 Å². The van der Waals surface area contributed by atoms with E-state index in [0.29, 0.717) is 13.0 Å². The van der Waals surface area contributed by atoms with Crippen LogP contribution < -0.4 is 4.74 Å². The van der Waals surface area contributed by atoms with Crippen LogP contribution in [0.25, 0.3) is 0 Å². The van der Waals surface area contributed by atoms with Gasteiger partial charge in [-0.1, -0.05) is 50.2 Å². The highest BCUT2D eigenvalue weighted by atomic mass is 79.9. The maximum Gasteiger partial charge on any atom is 0.309 e. The Kier molecular flexibility index (Phi) is 6.05. The van der Waals surface area contributed by atoms with Crippen molar-refractivity contribution < 1.29 is 14.6 Å². The molecular weight excluding hydrogens is 368 g/mol. The lowest BCUT2D eigenvalue weighted by molar-refractivity contribution is -0.150. The van der Waals surface area contributed by atoms with Crippen molar-refractivity contribution >= 4 is 21.9 Å². The van der Waals surface area contributed by atoms with Crippen LogP contribution >= 0.6 is 15.9 Å². The third-order valence-electron chi connectivity index (χ3n) is 4.57. The number of benzene rings is 2. The van der Waals surface area contributed by atoms with Gasteiger partial charge in [0.25, 0.3) is 0 Å². The quantitative estimate of drug-likeness (QED) is 0.695. The number of hydrogen-bond acceptors (Lipinski definition) is 2. The van der Waals surface area contributed by atoms with Crippen molar-refractivity contribution in [3.63, 3.8) is 0 Å². The molecule has 2 aromatic carbocycles. The Balaban J connectivity index is 2.17. The fraction of sp³-hybridized carbons (Fsp3) is 0.350. The first-order chi connectivity index (χ1) is 11.3. The number of carboxylic acids is 1. The van der Waals surface area contributed by atoms with Gasteiger partial charge in [-0.25, -0.2) is 0 Å². The van der Waals surface area contributed by atoms with Crippen LogP contribution in [0, 0.1) is 11.3 Å². The van der Waals surface area contributed by atoms with Gasteiger partial charge in [-0.05, 0) is 58.5 Å². The van der Waals surface area contributed by atoms with Crippen LogP contribution in [0.2, 0.25) is 0 Å². The summed E-state index contributed by atoms with van der Waals surface area (Å²) in [6.07, 6.45) is 0.467. The van der Waals surface area contributed by atoms with Crippen LogP contribution in [-0.2, 0) is 17.8 Å². The summed E-state index contributed by atoms with van der Waals surface area (Å²) in [5.41, 5.74) is 1.25. The van der Waals surface area contributed by atoms with Crippen molar-refractivity contribution in [1.82, 2.24) is 0 Å². The van der Waals surface area contributed by atoms with Crippen LogP contribution in [0.1, 0.15) is 31.9 Å². The Bertz CT molecular complexity index is 697. The van der Waals surface area contributed by atoms with Gasteiger partial charge in [0.2, 0.25) is 0 Å². The van der Waals surface area contributed by atoms with Gasteiger partial charge >= 0.3 is 5.97 Å². The number of carbonyl (C=O) groups is 1. The molecule has 2 rings (SSSR count). The second-order valence-electron chi connectivity index (χ2n) is 6.59. The molecule has 24 heavy (non-hydrogen) atoms. The van der Waals surface area contributed by atoms with Gasteiger partial charge in [-0.2, -0.15) is 0 Å². The van der Waals surface area contributed by atoms with Crippen molar-refractivity contribution in [3.8, 4) is 5.75 Å². The molecule has 0 aliphatic carbocycles. The Morgan fingerprint density at radius 1 is 1.17 bits per heavy atom. The van der Waals surface area contributed by atoms with E-state index in [1.54, 1.807) is 6.92 Å². The predicted molar refractivity (Wildman–Crippen MR) is 99.2 cm³/mol. The average Bonchev–Trinajstić information content (AvgIpc) is 2.55. The van der Waals surface area contributed by atoms with Crippen LogP contribution in [0.3, 0.4) is 0 Å². The molecule has 2 aromatic rings. The average molecular weight is 391 g/mol. The molecule has 0 aliphatic heterocycles. The number of rotatable bonds is 7. The number of hydrogen-bond donors (Lipinski definition) is 1. The molecule has 0 bridgehead atoms. The number of halogens is 1. The van der Waals surface area contributed by atoms with Crippen LogP contribution in [0.5, 0.6) is 5.75 Å². The van der Waals surface area contributed by atoms with Crippen molar-refractivity contribution in [2.24, 2.45) is 11.3 Å². The van der Waals surface area contributed by atoms with Crippen LogP contribution in [-0.4, -0.2) is 11.1 Å². The fourth-order valence-electron chi connectivity index (χ4n) is 2.45. The van der Waals surface area contributed by atoms with E-state index in [1.807, 2.05) is 62.4 Å². The highest BCUT2D eigenvalue weighted by Crippen LogP contribution is 2.34. The Morgan fingerprint density at radius 2 is 1.83 bits per heavy atom. The summed E-state index contributed by atoms with van der Waals surface area (Å²) in [6, 6.07) is 15.7. The van der Waals surface area contributed by atoms with Crippen molar-refractivity contribution in [1.29, 1.82) is 0 Å². The molecule has 0 saturated heterocycles. The summed E-state index contributed by atoms with van der Waals surface area (Å²) >= 11 is 3.50. The zero-order valence-corrected chi connectivity index (χ0v) is 15.8. The molecule has 0 aliphatic rings. The summed E-state index contributed by atoms with van der Waals surface area (Å²) < 4.78 is 6.77. The van der Waals surface area contributed by atoms with Gasteiger partial charge in [-0.15, -0.1) is 0 Å². The van der Waals surface area contributed by atoms with Crippen molar-refractivity contribution in [3.05, 3.63) is 64.1 Å². The van der Waals surface area contributed by atoms with Gasteiger partial charge in [0.05, 0.1) is 9.89 Å². The monoisotopic (exact) mass is 390 g/mol. The molecule has 0 spiro atoms.